The molecule has 3 nitrogen and oxygen atoms in total. The Morgan fingerprint density at radius 1 is 0.719 bits per heavy atom. The normalized spacial score (nSPS) is 17.7. The van der Waals surface area contributed by atoms with Crippen molar-refractivity contribution in [3.63, 3.8) is 0 Å². The SMILES string of the molecule is CN/C(=C\C(=C/Cc1ccccc1)c1ccccc1-c1ccc2c(c1)c1ccccc1n2C1=CC=CCC1C1=C2Oc3ccccc3C2CC=C1)c1ccccc1. The van der Waals surface area contributed by atoms with Crippen LogP contribution >= 0.6 is 0 Å². The molecule has 0 radical (unpaired) electrons. The Balaban J connectivity index is 1.10. The number of nitrogens with zero attached hydrogens (tertiary/aromatic N) is 1. The summed E-state index contributed by atoms with van der Waals surface area (Å²) in [5, 5.41) is 5.99. The summed E-state index contributed by atoms with van der Waals surface area (Å²) in [4.78, 5) is 0. The number of benzene rings is 6. The molecule has 7 aromatic rings. The van der Waals surface area contributed by atoms with Crippen molar-refractivity contribution in [2.45, 2.75) is 25.2 Å². The lowest BCUT2D eigenvalue weighted by Crippen LogP contribution is -2.18. The first-order chi connectivity index (χ1) is 28.2. The van der Waals surface area contributed by atoms with Crippen LogP contribution in [0.25, 0.3) is 49.9 Å². The molecule has 57 heavy (non-hydrogen) atoms. The average Bonchev–Trinajstić information content (AvgIpc) is 3.83. The average molecular weight is 737 g/mol. The number of hydrogen-bond acceptors (Lipinski definition) is 2. The quantitative estimate of drug-likeness (QED) is 0.149. The van der Waals surface area contributed by atoms with Gasteiger partial charge in [0.05, 0.1) is 11.0 Å². The van der Waals surface area contributed by atoms with Crippen LogP contribution in [0.2, 0.25) is 0 Å². The maximum Gasteiger partial charge on any atom is 0.130 e. The molecule has 0 fully saturated rings. The molecule has 1 aromatic heterocycles. The van der Waals surface area contributed by atoms with Gasteiger partial charge in [0.2, 0.25) is 0 Å². The van der Waals surface area contributed by atoms with E-state index in [1.54, 1.807) is 0 Å². The Hall–Kier alpha value is -6.84. The second-order valence-electron chi connectivity index (χ2n) is 15.1. The van der Waals surface area contributed by atoms with Gasteiger partial charge in [0.15, 0.2) is 0 Å². The Bertz CT molecular complexity index is 2830. The molecule has 3 aliphatic rings. The van der Waals surface area contributed by atoms with E-state index in [-0.39, 0.29) is 11.8 Å². The monoisotopic (exact) mass is 736 g/mol. The highest BCUT2D eigenvalue weighted by atomic mass is 16.5. The predicted octanol–water partition coefficient (Wildman–Crippen LogP) is 13.2. The second-order valence-corrected chi connectivity index (χ2v) is 15.1. The Morgan fingerprint density at radius 3 is 2.33 bits per heavy atom. The minimum Gasteiger partial charge on any atom is -0.460 e. The third-order valence-electron chi connectivity index (χ3n) is 11.8. The summed E-state index contributed by atoms with van der Waals surface area (Å²) >= 11 is 0. The molecule has 0 amide bonds. The van der Waals surface area contributed by atoms with Gasteiger partial charge in [-0.25, -0.2) is 0 Å². The van der Waals surface area contributed by atoms with Crippen molar-refractivity contribution in [1.82, 2.24) is 9.88 Å². The molecule has 6 aromatic carbocycles. The molecule has 1 N–H and O–H groups in total. The Labute approximate surface area is 335 Å². The molecule has 0 saturated carbocycles. The zero-order chi connectivity index (χ0) is 38.1. The van der Waals surface area contributed by atoms with Crippen LogP contribution in [-0.4, -0.2) is 11.6 Å². The summed E-state index contributed by atoms with van der Waals surface area (Å²) in [6, 6.07) is 54.6. The van der Waals surface area contributed by atoms with E-state index in [0.717, 1.165) is 42.0 Å². The number of hydrogen-bond donors (Lipinski definition) is 1. The van der Waals surface area contributed by atoms with E-state index in [4.69, 9.17) is 4.74 Å². The van der Waals surface area contributed by atoms with Gasteiger partial charge in [-0.15, -0.1) is 0 Å². The largest absolute Gasteiger partial charge is 0.460 e. The smallest absolute Gasteiger partial charge is 0.130 e. The van der Waals surface area contributed by atoms with Crippen LogP contribution in [-0.2, 0) is 6.42 Å². The van der Waals surface area contributed by atoms with Gasteiger partial charge in [0, 0.05) is 52.2 Å². The Kier molecular flexibility index (Phi) is 9.12. The number of fused-ring (bicyclic) bond motifs is 6. The second kappa shape index (κ2) is 15.0. The highest BCUT2D eigenvalue weighted by Gasteiger charge is 2.36. The van der Waals surface area contributed by atoms with Gasteiger partial charge in [0.1, 0.15) is 11.5 Å². The lowest BCUT2D eigenvalue weighted by atomic mass is 9.81. The first-order valence-electron chi connectivity index (χ1n) is 20.1. The van der Waals surface area contributed by atoms with Crippen LogP contribution in [0.5, 0.6) is 5.75 Å². The molecular formula is C54H44N2O. The van der Waals surface area contributed by atoms with Gasteiger partial charge in [-0.1, -0.05) is 158 Å². The molecule has 2 aliphatic carbocycles. The predicted molar refractivity (Wildman–Crippen MR) is 239 cm³/mol. The molecule has 1 aliphatic heterocycles. The van der Waals surface area contributed by atoms with E-state index in [1.165, 1.54) is 66.5 Å². The van der Waals surface area contributed by atoms with E-state index in [0.29, 0.717) is 0 Å². The van der Waals surface area contributed by atoms with E-state index in [1.807, 2.05) is 7.05 Å². The summed E-state index contributed by atoms with van der Waals surface area (Å²) in [5.41, 5.74) is 14.6. The molecule has 0 bridgehead atoms. The molecule has 2 atom stereocenters. The molecule has 3 heteroatoms. The lowest BCUT2D eigenvalue weighted by molar-refractivity contribution is 0.412. The zero-order valence-corrected chi connectivity index (χ0v) is 32.1. The maximum atomic E-state index is 6.67. The van der Waals surface area contributed by atoms with Crippen LogP contribution in [0.15, 0.2) is 206 Å². The first-order valence-corrected chi connectivity index (χ1v) is 20.1. The van der Waals surface area contributed by atoms with Gasteiger partial charge < -0.3 is 14.6 Å². The lowest BCUT2D eigenvalue weighted by Gasteiger charge is -2.29. The van der Waals surface area contributed by atoms with Crippen molar-refractivity contribution in [1.29, 1.82) is 0 Å². The molecule has 0 spiro atoms. The Morgan fingerprint density at radius 2 is 1.46 bits per heavy atom. The summed E-state index contributed by atoms with van der Waals surface area (Å²) in [5.74, 6) is 2.54. The van der Waals surface area contributed by atoms with Crippen molar-refractivity contribution < 1.29 is 4.74 Å². The van der Waals surface area contributed by atoms with Crippen molar-refractivity contribution in [2.75, 3.05) is 7.05 Å². The van der Waals surface area contributed by atoms with Crippen molar-refractivity contribution in [3.8, 4) is 16.9 Å². The van der Waals surface area contributed by atoms with Crippen LogP contribution in [0.4, 0.5) is 0 Å². The number of allylic oxidation sites excluding steroid dienone is 11. The number of rotatable bonds is 9. The number of ether oxygens (including phenoxy) is 1. The first kappa shape index (κ1) is 34.6. The standard InChI is InChI=1S/C54H44N2O/c1-55-49(38-19-6-3-7-20-38)36-40(32-31-37-17-4-2-5-18-37)42-22-9-8-21-41(42)39-33-34-52-48(35-39)44-24-11-14-29-51(44)56(52)50-28-13-10-23-43(50)46-26-16-27-47-45-25-12-15-30-53(45)57-54(46)47/h2-22,24-26,28-30,32-36,43,47,55H,23,27,31H2,1H3/b40-32+,49-36-. The number of para-hydroxylation sites is 2. The van der Waals surface area contributed by atoms with E-state index < -0.39 is 0 Å². The fourth-order valence-corrected chi connectivity index (χ4v) is 9.09. The summed E-state index contributed by atoms with van der Waals surface area (Å²) < 4.78 is 9.17. The summed E-state index contributed by atoms with van der Waals surface area (Å²) in [6.07, 6.45) is 18.9. The molecule has 2 unspecified atom stereocenters. The molecule has 0 saturated heterocycles. The zero-order valence-electron chi connectivity index (χ0n) is 32.1. The van der Waals surface area contributed by atoms with Gasteiger partial charge in [-0.3, -0.25) is 0 Å². The molecule has 2 heterocycles. The molecule has 10 rings (SSSR count). The van der Waals surface area contributed by atoms with Crippen molar-refractivity contribution in [3.05, 3.63) is 228 Å². The van der Waals surface area contributed by atoms with Crippen LogP contribution in [0.1, 0.15) is 41.0 Å². The fourth-order valence-electron chi connectivity index (χ4n) is 9.09. The number of nitrogens with one attached hydrogen (secondary N) is 1. The van der Waals surface area contributed by atoms with Crippen LogP contribution < -0.4 is 10.1 Å². The topological polar surface area (TPSA) is 26.2 Å². The fraction of sp³-hybridized carbons (Fsp3) is 0.111. The van der Waals surface area contributed by atoms with E-state index in [9.17, 15) is 0 Å². The summed E-state index contributed by atoms with van der Waals surface area (Å²) in [6.45, 7) is 0. The van der Waals surface area contributed by atoms with Crippen molar-refractivity contribution >= 4 is 38.8 Å². The highest BCUT2D eigenvalue weighted by Crippen LogP contribution is 2.50. The maximum absolute atomic E-state index is 6.67. The van der Waals surface area contributed by atoms with E-state index in [2.05, 4.69) is 204 Å². The van der Waals surface area contributed by atoms with E-state index >= 15 is 0 Å². The minimum absolute atomic E-state index is 0.160. The van der Waals surface area contributed by atoms with Gasteiger partial charge >= 0.3 is 0 Å². The highest BCUT2D eigenvalue weighted by molar-refractivity contribution is 6.11. The molecular weight excluding hydrogens is 693 g/mol. The van der Waals surface area contributed by atoms with Crippen molar-refractivity contribution in [2.24, 2.45) is 5.92 Å². The van der Waals surface area contributed by atoms with Gasteiger partial charge in [0.25, 0.3) is 0 Å². The third-order valence-corrected chi connectivity index (χ3v) is 11.8. The van der Waals surface area contributed by atoms with Crippen LogP contribution in [0.3, 0.4) is 0 Å². The third kappa shape index (κ3) is 6.36. The van der Waals surface area contributed by atoms with Gasteiger partial charge in [-0.05, 0) is 89.1 Å². The van der Waals surface area contributed by atoms with Gasteiger partial charge in [-0.2, -0.15) is 0 Å². The minimum atomic E-state index is 0.160. The number of aromatic nitrogens is 1. The summed E-state index contributed by atoms with van der Waals surface area (Å²) in [7, 11) is 2.01. The molecule has 276 valence electrons. The van der Waals surface area contributed by atoms with Crippen LogP contribution in [0, 0.1) is 5.92 Å².